The van der Waals surface area contributed by atoms with Crippen LogP contribution in [0.15, 0.2) is 6.20 Å². The van der Waals surface area contributed by atoms with Crippen molar-refractivity contribution < 1.29 is 8.42 Å². The van der Waals surface area contributed by atoms with Crippen molar-refractivity contribution in [1.29, 1.82) is 0 Å². The molecule has 0 radical (unpaired) electrons. The van der Waals surface area contributed by atoms with E-state index >= 15 is 0 Å². The van der Waals surface area contributed by atoms with Crippen LogP contribution in [-0.2, 0) is 17.1 Å². The number of hydrogen-bond donors (Lipinski definition) is 2. The molecular weight excluding hydrogens is 216 g/mol. The van der Waals surface area contributed by atoms with Crippen LogP contribution < -0.4 is 10.5 Å². The Morgan fingerprint density at radius 3 is 2.33 bits per heavy atom. The molecule has 0 bridgehead atoms. The lowest BCUT2D eigenvalue weighted by Crippen LogP contribution is -2.34. The van der Waals surface area contributed by atoms with Gasteiger partial charge in [-0.25, -0.2) is 8.42 Å². The monoisotopic (exact) mass is 232 g/mol. The van der Waals surface area contributed by atoms with Crippen LogP contribution in [0.5, 0.6) is 0 Å². The zero-order chi connectivity index (χ0) is 11.9. The summed E-state index contributed by atoms with van der Waals surface area (Å²) in [6.45, 7) is 4.84. The molecule has 0 spiro atoms. The molecule has 7 heteroatoms. The summed E-state index contributed by atoms with van der Waals surface area (Å²) in [6, 6.07) is 0. The molecule has 1 rings (SSSR count). The summed E-state index contributed by atoms with van der Waals surface area (Å²) in [5, 5.41) is 3.85. The number of aryl methyl sites for hydroxylation is 1. The van der Waals surface area contributed by atoms with Gasteiger partial charge >= 0.3 is 0 Å². The van der Waals surface area contributed by atoms with E-state index in [2.05, 4.69) is 9.82 Å². The fraction of sp³-hybridized carbons (Fsp3) is 0.625. The minimum atomic E-state index is -3.46. The van der Waals surface area contributed by atoms with E-state index in [0.29, 0.717) is 11.5 Å². The predicted octanol–water partition coefficient (Wildman–Crippen LogP) is 0.542. The number of sulfonamides is 1. The second-order valence-corrected chi connectivity index (χ2v) is 6.73. The number of aromatic nitrogens is 2. The Balaban J connectivity index is 3.08. The van der Waals surface area contributed by atoms with Gasteiger partial charge in [0.25, 0.3) is 0 Å². The third-order valence-corrected chi connectivity index (χ3v) is 4.08. The molecule has 0 amide bonds. The van der Waals surface area contributed by atoms with Crippen LogP contribution in [0.3, 0.4) is 0 Å². The van der Waals surface area contributed by atoms with Gasteiger partial charge in [-0.05, 0) is 20.8 Å². The van der Waals surface area contributed by atoms with E-state index in [0.717, 1.165) is 0 Å². The van der Waals surface area contributed by atoms with Gasteiger partial charge in [-0.2, -0.15) is 5.10 Å². The zero-order valence-electron chi connectivity index (χ0n) is 9.27. The van der Waals surface area contributed by atoms with Crippen molar-refractivity contribution >= 4 is 21.5 Å². The van der Waals surface area contributed by atoms with Gasteiger partial charge in [0.05, 0.1) is 16.6 Å². The molecule has 0 unspecified atom stereocenters. The van der Waals surface area contributed by atoms with Crippen LogP contribution in [0.2, 0.25) is 0 Å². The third-order valence-electron chi connectivity index (χ3n) is 2.00. The van der Waals surface area contributed by atoms with Crippen molar-refractivity contribution in [2.45, 2.75) is 25.5 Å². The Bertz CT molecular complexity index is 436. The number of nitrogens with one attached hydrogen (secondary N) is 1. The lowest BCUT2D eigenvalue weighted by atomic mass is 10.3. The number of anilines is 2. The van der Waals surface area contributed by atoms with Crippen LogP contribution >= 0.6 is 0 Å². The maximum absolute atomic E-state index is 11.8. The van der Waals surface area contributed by atoms with E-state index < -0.39 is 14.8 Å². The van der Waals surface area contributed by atoms with Gasteiger partial charge in [-0.1, -0.05) is 0 Å². The Morgan fingerprint density at radius 2 is 2.00 bits per heavy atom. The number of hydrogen-bond acceptors (Lipinski definition) is 4. The maximum atomic E-state index is 11.8. The first-order chi connectivity index (χ1) is 6.65. The lowest BCUT2D eigenvalue weighted by Gasteiger charge is -2.20. The number of nitrogen functional groups attached to an aromatic ring is 1. The molecule has 15 heavy (non-hydrogen) atoms. The SMILES string of the molecule is Cn1ncc(N)c1NS(=O)(=O)C(C)(C)C. The molecular formula is C8H16N4O2S. The second kappa shape index (κ2) is 3.41. The van der Waals surface area contributed by atoms with Gasteiger partial charge in [0.15, 0.2) is 5.82 Å². The molecule has 1 heterocycles. The minimum Gasteiger partial charge on any atom is -0.394 e. The lowest BCUT2D eigenvalue weighted by molar-refractivity contribution is 0.565. The first kappa shape index (κ1) is 11.8. The quantitative estimate of drug-likeness (QED) is 0.778. The Kier molecular flexibility index (Phi) is 2.69. The fourth-order valence-corrected chi connectivity index (χ4v) is 1.67. The highest BCUT2D eigenvalue weighted by Crippen LogP contribution is 2.22. The summed E-state index contributed by atoms with van der Waals surface area (Å²) in [7, 11) is -1.83. The molecule has 0 aromatic carbocycles. The van der Waals surface area contributed by atoms with Crippen LogP contribution in [0.25, 0.3) is 0 Å². The Labute approximate surface area is 89.5 Å². The largest absolute Gasteiger partial charge is 0.394 e. The highest BCUT2D eigenvalue weighted by molar-refractivity contribution is 7.94. The smallest absolute Gasteiger partial charge is 0.238 e. The minimum absolute atomic E-state index is 0.296. The first-order valence-electron chi connectivity index (χ1n) is 4.45. The standard InChI is InChI=1S/C8H16N4O2S/c1-8(2,3)15(13,14)11-7-6(9)5-10-12(7)4/h5,11H,9H2,1-4H3. The van der Waals surface area contributed by atoms with E-state index in [1.54, 1.807) is 27.8 Å². The van der Waals surface area contributed by atoms with E-state index in [9.17, 15) is 8.42 Å². The molecule has 1 aromatic rings. The summed E-state index contributed by atoms with van der Waals surface area (Å²) in [5.41, 5.74) is 5.89. The normalized spacial score (nSPS) is 12.8. The number of rotatable bonds is 2. The number of nitrogens with zero attached hydrogens (tertiary/aromatic N) is 2. The van der Waals surface area contributed by atoms with Gasteiger partial charge in [0.1, 0.15) is 0 Å². The predicted molar refractivity (Wildman–Crippen MR) is 59.9 cm³/mol. The molecule has 0 saturated heterocycles. The molecule has 86 valence electrons. The van der Waals surface area contributed by atoms with E-state index in [1.165, 1.54) is 10.9 Å². The van der Waals surface area contributed by atoms with E-state index in [1.807, 2.05) is 0 Å². The van der Waals surface area contributed by atoms with Crippen molar-refractivity contribution in [3.8, 4) is 0 Å². The fourth-order valence-electron chi connectivity index (χ4n) is 0.860. The third kappa shape index (κ3) is 2.23. The van der Waals surface area contributed by atoms with E-state index in [4.69, 9.17) is 5.73 Å². The van der Waals surface area contributed by atoms with E-state index in [-0.39, 0.29) is 0 Å². The summed E-state index contributed by atoms with van der Waals surface area (Å²) in [6.07, 6.45) is 1.40. The Morgan fingerprint density at radius 1 is 1.47 bits per heavy atom. The summed E-state index contributed by atoms with van der Waals surface area (Å²) in [5.74, 6) is 0.296. The van der Waals surface area contributed by atoms with Gasteiger partial charge in [-0.3, -0.25) is 9.40 Å². The van der Waals surface area contributed by atoms with Gasteiger partial charge in [-0.15, -0.1) is 0 Å². The molecule has 0 fully saturated rings. The first-order valence-corrected chi connectivity index (χ1v) is 5.93. The number of nitrogens with two attached hydrogens (primary N) is 1. The second-order valence-electron chi connectivity index (χ2n) is 4.29. The van der Waals surface area contributed by atoms with Gasteiger partial charge < -0.3 is 5.73 Å². The molecule has 1 aromatic heterocycles. The molecule has 6 nitrogen and oxygen atoms in total. The van der Waals surface area contributed by atoms with Crippen LogP contribution in [0.1, 0.15) is 20.8 Å². The molecule has 0 aliphatic heterocycles. The highest BCUT2D eigenvalue weighted by Gasteiger charge is 2.30. The Hall–Kier alpha value is -1.24. The van der Waals surface area contributed by atoms with Crippen molar-refractivity contribution in [3.63, 3.8) is 0 Å². The average Bonchev–Trinajstić information content (AvgIpc) is 2.33. The van der Waals surface area contributed by atoms with Crippen molar-refractivity contribution in [3.05, 3.63) is 6.20 Å². The molecule has 0 atom stereocenters. The zero-order valence-corrected chi connectivity index (χ0v) is 10.1. The highest BCUT2D eigenvalue weighted by atomic mass is 32.2. The summed E-state index contributed by atoms with van der Waals surface area (Å²) in [4.78, 5) is 0. The topological polar surface area (TPSA) is 90.0 Å². The summed E-state index contributed by atoms with van der Waals surface area (Å²) >= 11 is 0. The van der Waals surface area contributed by atoms with Crippen molar-refractivity contribution in [2.75, 3.05) is 10.5 Å². The van der Waals surface area contributed by atoms with Crippen molar-refractivity contribution in [2.24, 2.45) is 7.05 Å². The van der Waals surface area contributed by atoms with Crippen LogP contribution in [0.4, 0.5) is 11.5 Å². The molecule has 0 aliphatic carbocycles. The molecule has 3 N–H and O–H groups in total. The average molecular weight is 232 g/mol. The van der Waals surface area contributed by atoms with Gasteiger partial charge in [0.2, 0.25) is 10.0 Å². The maximum Gasteiger partial charge on any atom is 0.238 e. The van der Waals surface area contributed by atoms with Crippen LogP contribution in [-0.4, -0.2) is 22.9 Å². The summed E-state index contributed by atoms with van der Waals surface area (Å²) < 4.78 is 26.6. The van der Waals surface area contributed by atoms with Gasteiger partial charge in [0, 0.05) is 7.05 Å². The van der Waals surface area contributed by atoms with Crippen LogP contribution in [0, 0.1) is 0 Å². The molecule has 0 aliphatic rings. The van der Waals surface area contributed by atoms with Crippen molar-refractivity contribution in [1.82, 2.24) is 9.78 Å². The molecule has 0 saturated carbocycles.